The van der Waals surface area contributed by atoms with E-state index in [0.29, 0.717) is 16.6 Å². The van der Waals surface area contributed by atoms with Gasteiger partial charge in [0.15, 0.2) is 5.78 Å². The Kier molecular flexibility index (Phi) is 4.57. The third kappa shape index (κ3) is 3.34. The smallest absolute Gasteiger partial charge is 0.200 e. The third-order valence-electron chi connectivity index (χ3n) is 4.56. The molecule has 0 N–H and O–H groups in total. The molecule has 1 aromatic heterocycles. The molecule has 0 fully saturated rings. The number of benzene rings is 3. The summed E-state index contributed by atoms with van der Waals surface area (Å²) in [4.78, 5) is 25.8. The molecule has 3 aromatic carbocycles. The predicted octanol–water partition coefficient (Wildman–Crippen LogP) is 4.56. The molecule has 4 aromatic rings. The number of hydrogen-bond donors (Lipinski definition) is 0. The molecular formula is C23H15F2NO2. The highest BCUT2D eigenvalue weighted by Gasteiger charge is 2.17. The van der Waals surface area contributed by atoms with Crippen LogP contribution in [0.4, 0.5) is 8.78 Å². The van der Waals surface area contributed by atoms with Gasteiger partial charge in [-0.15, -0.1) is 0 Å². The van der Waals surface area contributed by atoms with Crippen LogP contribution in [-0.4, -0.2) is 10.4 Å². The zero-order chi connectivity index (χ0) is 19.7. The summed E-state index contributed by atoms with van der Waals surface area (Å²) in [6.45, 7) is 0.231. The standard InChI is InChI=1S/C23H15F2NO2/c24-17-8-4-5-15(11-17)13-26-14-20(22(27)16-6-2-1-3-7-16)23(28)19-12-18(25)9-10-21(19)26/h1-12,14H,13H2. The molecule has 0 amide bonds. The summed E-state index contributed by atoms with van der Waals surface area (Å²) in [5.74, 6) is -1.38. The molecular weight excluding hydrogens is 360 g/mol. The second-order valence-electron chi connectivity index (χ2n) is 6.49. The molecule has 0 aliphatic carbocycles. The molecule has 3 nitrogen and oxygen atoms in total. The van der Waals surface area contributed by atoms with Crippen LogP contribution in [0.1, 0.15) is 21.5 Å². The van der Waals surface area contributed by atoms with Gasteiger partial charge in [0.1, 0.15) is 11.6 Å². The first-order chi connectivity index (χ1) is 13.5. The minimum absolute atomic E-state index is 0.0549. The summed E-state index contributed by atoms with van der Waals surface area (Å²) in [7, 11) is 0. The van der Waals surface area contributed by atoms with Gasteiger partial charge in [-0.2, -0.15) is 0 Å². The fraction of sp³-hybridized carbons (Fsp3) is 0.0435. The molecule has 0 saturated heterocycles. The quantitative estimate of drug-likeness (QED) is 0.491. The van der Waals surface area contributed by atoms with Gasteiger partial charge >= 0.3 is 0 Å². The number of halogens is 2. The Morgan fingerprint density at radius 3 is 2.36 bits per heavy atom. The van der Waals surface area contributed by atoms with Gasteiger partial charge < -0.3 is 4.57 Å². The van der Waals surface area contributed by atoms with Crippen LogP contribution in [0.3, 0.4) is 0 Å². The lowest BCUT2D eigenvalue weighted by atomic mass is 10.0. The van der Waals surface area contributed by atoms with Crippen molar-refractivity contribution < 1.29 is 13.6 Å². The molecule has 28 heavy (non-hydrogen) atoms. The van der Waals surface area contributed by atoms with Crippen LogP contribution in [0.15, 0.2) is 83.8 Å². The molecule has 0 spiro atoms. The maximum Gasteiger partial charge on any atom is 0.200 e. The maximum atomic E-state index is 13.8. The highest BCUT2D eigenvalue weighted by molar-refractivity contribution is 6.10. The molecule has 1 heterocycles. The van der Waals surface area contributed by atoms with Crippen LogP contribution in [0, 0.1) is 11.6 Å². The minimum Gasteiger partial charge on any atom is -0.342 e. The summed E-state index contributed by atoms with van der Waals surface area (Å²) >= 11 is 0. The minimum atomic E-state index is -0.564. The van der Waals surface area contributed by atoms with Crippen LogP contribution < -0.4 is 5.43 Å². The van der Waals surface area contributed by atoms with E-state index < -0.39 is 17.0 Å². The number of ketones is 1. The first kappa shape index (κ1) is 17.8. The number of hydrogen-bond acceptors (Lipinski definition) is 2. The van der Waals surface area contributed by atoms with Gasteiger partial charge in [-0.05, 0) is 35.9 Å². The monoisotopic (exact) mass is 375 g/mol. The lowest BCUT2D eigenvalue weighted by Gasteiger charge is -2.14. The summed E-state index contributed by atoms with van der Waals surface area (Å²) in [6, 6.07) is 18.3. The molecule has 0 unspecified atom stereocenters. The number of carbonyl (C=O) groups excluding carboxylic acids is 1. The van der Waals surface area contributed by atoms with E-state index in [2.05, 4.69) is 0 Å². The first-order valence-electron chi connectivity index (χ1n) is 8.70. The molecule has 0 aliphatic rings. The second kappa shape index (κ2) is 7.19. The van der Waals surface area contributed by atoms with Crippen molar-refractivity contribution in [1.82, 2.24) is 4.57 Å². The lowest BCUT2D eigenvalue weighted by molar-refractivity contribution is 0.103. The molecule has 0 saturated carbocycles. The summed E-state index contributed by atoms with van der Waals surface area (Å²) in [5.41, 5.74) is 0.917. The van der Waals surface area contributed by atoms with Crippen molar-refractivity contribution in [2.45, 2.75) is 6.54 Å². The number of rotatable bonds is 4. The van der Waals surface area contributed by atoms with Gasteiger partial charge in [-0.1, -0.05) is 42.5 Å². The van der Waals surface area contributed by atoms with E-state index in [0.717, 1.165) is 6.07 Å². The fourth-order valence-corrected chi connectivity index (χ4v) is 3.24. The Balaban J connectivity index is 1.92. The van der Waals surface area contributed by atoms with Gasteiger partial charge in [0.2, 0.25) is 5.43 Å². The maximum absolute atomic E-state index is 13.8. The van der Waals surface area contributed by atoms with Gasteiger partial charge in [0.05, 0.1) is 11.1 Å². The van der Waals surface area contributed by atoms with Gasteiger partial charge in [-0.25, -0.2) is 8.78 Å². The second-order valence-corrected chi connectivity index (χ2v) is 6.49. The Labute approximate surface area is 159 Å². The molecule has 0 bridgehead atoms. The van der Waals surface area contributed by atoms with Gasteiger partial charge in [0.25, 0.3) is 0 Å². The SMILES string of the molecule is O=C(c1ccccc1)c1cn(Cc2cccc(F)c2)c2ccc(F)cc2c1=O. The third-order valence-corrected chi connectivity index (χ3v) is 4.56. The largest absolute Gasteiger partial charge is 0.342 e. The molecule has 5 heteroatoms. The molecule has 0 aliphatic heterocycles. The van der Waals surface area contributed by atoms with Crippen LogP contribution in [0.2, 0.25) is 0 Å². The van der Waals surface area contributed by atoms with Crippen LogP contribution in [0.25, 0.3) is 10.9 Å². The topological polar surface area (TPSA) is 39.1 Å². The van der Waals surface area contributed by atoms with E-state index in [1.54, 1.807) is 47.0 Å². The van der Waals surface area contributed by atoms with Crippen molar-refractivity contribution in [3.63, 3.8) is 0 Å². The normalized spacial score (nSPS) is 10.9. The zero-order valence-corrected chi connectivity index (χ0v) is 14.7. The highest BCUT2D eigenvalue weighted by Crippen LogP contribution is 2.18. The summed E-state index contributed by atoms with van der Waals surface area (Å²) in [5, 5.41) is 0.109. The van der Waals surface area contributed by atoms with Crippen LogP contribution in [-0.2, 0) is 6.54 Å². The molecule has 0 radical (unpaired) electrons. The van der Waals surface area contributed by atoms with E-state index in [1.165, 1.54) is 30.5 Å². The average molecular weight is 375 g/mol. The van der Waals surface area contributed by atoms with E-state index in [-0.39, 0.29) is 23.3 Å². The Hall–Kier alpha value is -3.60. The highest BCUT2D eigenvalue weighted by atomic mass is 19.1. The van der Waals surface area contributed by atoms with Gasteiger partial charge in [-0.3, -0.25) is 9.59 Å². The number of carbonyl (C=O) groups is 1. The average Bonchev–Trinajstić information content (AvgIpc) is 2.70. The molecule has 4 rings (SSSR count). The van der Waals surface area contributed by atoms with Crippen LogP contribution in [0.5, 0.6) is 0 Å². The van der Waals surface area contributed by atoms with Crippen molar-refractivity contribution in [1.29, 1.82) is 0 Å². The van der Waals surface area contributed by atoms with Gasteiger partial charge in [0, 0.05) is 23.7 Å². The predicted molar refractivity (Wildman–Crippen MR) is 104 cm³/mol. The van der Waals surface area contributed by atoms with Crippen molar-refractivity contribution in [3.8, 4) is 0 Å². The van der Waals surface area contributed by atoms with Crippen LogP contribution >= 0.6 is 0 Å². The molecule has 0 atom stereocenters. The number of pyridine rings is 1. The number of nitrogens with zero attached hydrogens (tertiary/aromatic N) is 1. The van der Waals surface area contributed by atoms with E-state index in [4.69, 9.17) is 0 Å². The Morgan fingerprint density at radius 1 is 0.857 bits per heavy atom. The lowest BCUT2D eigenvalue weighted by Crippen LogP contribution is -2.20. The number of aromatic nitrogens is 1. The fourth-order valence-electron chi connectivity index (χ4n) is 3.24. The van der Waals surface area contributed by atoms with E-state index in [9.17, 15) is 18.4 Å². The Morgan fingerprint density at radius 2 is 1.61 bits per heavy atom. The summed E-state index contributed by atoms with van der Waals surface area (Å²) in [6.07, 6.45) is 1.46. The molecule has 138 valence electrons. The van der Waals surface area contributed by atoms with Crippen molar-refractivity contribution in [2.24, 2.45) is 0 Å². The zero-order valence-electron chi connectivity index (χ0n) is 14.7. The van der Waals surface area contributed by atoms with Crippen molar-refractivity contribution >= 4 is 16.7 Å². The first-order valence-corrected chi connectivity index (χ1v) is 8.70. The van der Waals surface area contributed by atoms with Crippen molar-refractivity contribution in [3.05, 3.63) is 118 Å². The number of fused-ring (bicyclic) bond motifs is 1. The van der Waals surface area contributed by atoms with E-state index in [1.807, 2.05) is 0 Å². The van der Waals surface area contributed by atoms with Crippen molar-refractivity contribution in [2.75, 3.05) is 0 Å². The Bertz CT molecular complexity index is 1250. The van der Waals surface area contributed by atoms with E-state index >= 15 is 0 Å². The summed E-state index contributed by atoms with van der Waals surface area (Å²) < 4.78 is 29.0.